The third kappa shape index (κ3) is 4.51. The summed E-state index contributed by atoms with van der Waals surface area (Å²) in [7, 11) is 1.87. The number of rotatable bonds is 6. The Morgan fingerprint density at radius 3 is 2.67 bits per heavy atom. The third-order valence-electron chi connectivity index (χ3n) is 8.88. The molecule has 1 spiro atoms. The van der Waals surface area contributed by atoms with Crippen molar-refractivity contribution in [2.45, 2.75) is 25.5 Å². The molecule has 2 atom stereocenters. The monoisotopic (exact) mass is 538 g/mol. The van der Waals surface area contributed by atoms with Gasteiger partial charge in [0.05, 0.1) is 17.1 Å². The molecule has 1 unspecified atom stereocenters. The van der Waals surface area contributed by atoms with Crippen LogP contribution in [0.5, 0.6) is 0 Å². The number of H-pyrrole nitrogens is 1. The van der Waals surface area contributed by atoms with Gasteiger partial charge in [-0.3, -0.25) is 24.4 Å². The summed E-state index contributed by atoms with van der Waals surface area (Å²) in [6, 6.07) is 14.4. The van der Waals surface area contributed by atoms with Crippen molar-refractivity contribution in [2.24, 2.45) is 12.5 Å². The van der Waals surface area contributed by atoms with Crippen molar-refractivity contribution in [3.8, 4) is 11.4 Å². The molecule has 40 heavy (non-hydrogen) atoms. The summed E-state index contributed by atoms with van der Waals surface area (Å²) >= 11 is 0. The molecule has 10 nitrogen and oxygen atoms in total. The van der Waals surface area contributed by atoms with Crippen molar-refractivity contribution in [2.75, 3.05) is 44.2 Å². The van der Waals surface area contributed by atoms with Gasteiger partial charge < -0.3 is 10.0 Å². The number of hydrogen-bond donors (Lipinski definition) is 2. The topological polar surface area (TPSA) is 106 Å². The van der Waals surface area contributed by atoms with Gasteiger partial charge in [-0.2, -0.15) is 10.2 Å². The van der Waals surface area contributed by atoms with Crippen LogP contribution in [0.4, 0.5) is 5.69 Å². The van der Waals surface area contributed by atoms with Gasteiger partial charge in [-0.15, -0.1) is 0 Å². The van der Waals surface area contributed by atoms with Gasteiger partial charge in [-0.25, -0.2) is 4.98 Å². The van der Waals surface area contributed by atoms with Crippen molar-refractivity contribution < 1.29 is 9.90 Å². The SMILES string of the molecule is Cn1cnc(-c2ccc(C3=CCN(C(O)CN4CC[C@]5(CCN(c6ccc7[nH]ncc7c6)C5=O)C4)CC3)cc2)n1. The number of carbonyl (C=O) groups is 1. The lowest BCUT2D eigenvalue weighted by atomic mass is 9.85. The van der Waals surface area contributed by atoms with Crippen LogP contribution < -0.4 is 4.90 Å². The van der Waals surface area contributed by atoms with Crippen LogP contribution in [0.15, 0.2) is 61.1 Å². The molecule has 5 heterocycles. The van der Waals surface area contributed by atoms with E-state index in [0.717, 1.165) is 66.9 Å². The van der Waals surface area contributed by atoms with E-state index in [1.54, 1.807) is 17.2 Å². The van der Waals surface area contributed by atoms with Crippen LogP contribution in [0.2, 0.25) is 0 Å². The number of anilines is 1. The fourth-order valence-electron chi connectivity index (χ4n) is 6.53. The number of benzene rings is 2. The van der Waals surface area contributed by atoms with Crippen molar-refractivity contribution in [3.05, 3.63) is 66.6 Å². The number of fused-ring (bicyclic) bond motifs is 1. The molecule has 0 saturated carbocycles. The normalized spacial score (nSPS) is 23.0. The Bertz CT molecular complexity index is 1570. The number of aryl methyl sites for hydroxylation is 1. The first-order chi connectivity index (χ1) is 19.5. The second kappa shape index (κ2) is 9.96. The maximum Gasteiger partial charge on any atom is 0.234 e. The zero-order valence-electron chi connectivity index (χ0n) is 22.7. The Hall–Kier alpha value is -3.86. The molecule has 0 aliphatic carbocycles. The van der Waals surface area contributed by atoms with Crippen LogP contribution in [0.1, 0.15) is 24.8 Å². The first-order valence-electron chi connectivity index (χ1n) is 14.0. The first-order valence-corrected chi connectivity index (χ1v) is 14.0. The van der Waals surface area contributed by atoms with E-state index in [1.807, 2.05) is 30.1 Å². The van der Waals surface area contributed by atoms with Gasteiger partial charge in [0.2, 0.25) is 5.91 Å². The number of aliphatic hydroxyl groups excluding tert-OH is 1. The molecule has 2 fully saturated rings. The van der Waals surface area contributed by atoms with E-state index in [4.69, 9.17) is 0 Å². The maximum absolute atomic E-state index is 13.6. The van der Waals surface area contributed by atoms with Gasteiger partial charge in [0.25, 0.3) is 0 Å². The summed E-state index contributed by atoms with van der Waals surface area (Å²) in [5.74, 6) is 0.940. The summed E-state index contributed by atoms with van der Waals surface area (Å²) in [5.41, 5.74) is 5.07. The zero-order valence-corrected chi connectivity index (χ0v) is 22.7. The van der Waals surface area contributed by atoms with Crippen LogP contribution in [0.3, 0.4) is 0 Å². The highest BCUT2D eigenvalue weighted by Gasteiger charge is 2.51. The van der Waals surface area contributed by atoms with Crippen molar-refractivity contribution in [1.29, 1.82) is 0 Å². The number of aliphatic hydroxyl groups is 1. The average molecular weight is 539 g/mol. The number of nitrogens with one attached hydrogen (secondary N) is 1. The molecule has 2 aromatic carbocycles. The maximum atomic E-state index is 13.6. The van der Waals surface area contributed by atoms with Crippen LogP contribution in [0.25, 0.3) is 27.9 Å². The molecule has 1 amide bonds. The number of nitrogens with zero attached hydrogens (tertiary/aromatic N) is 7. The van der Waals surface area contributed by atoms with Crippen LogP contribution in [-0.4, -0.2) is 91.3 Å². The predicted octanol–water partition coefficient (Wildman–Crippen LogP) is 2.89. The molecular weight excluding hydrogens is 504 g/mol. The lowest BCUT2D eigenvalue weighted by Gasteiger charge is -2.33. The summed E-state index contributed by atoms with van der Waals surface area (Å²) in [5, 5.41) is 23.6. The molecule has 2 aromatic heterocycles. The number of β-amino-alcohol motifs (C(OH)–C–C–N with tert-alkyl or cyclic N) is 1. The fraction of sp³-hybridized carbons (Fsp3) is 0.400. The van der Waals surface area contributed by atoms with Crippen molar-refractivity contribution >= 4 is 28.1 Å². The zero-order chi connectivity index (χ0) is 27.3. The molecular formula is C30H34N8O2. The van der Waals surface area contributed by atoms with E-state index >= 15 is 0 Å². The van der Waals surface area contributed by atoms with Gasteiger partial charge in [0.1, 0.15) is 12.6 Å². The Balaban J connectivity index is 0.948. The van der Waals surface area contributed by atoms with Gasteiger partial charge in [-0.05, 0) is 55.1 Å². The molecule has 7 rings (SSSR count). The quantitative estimate of drug-likeness (QED) is 0.389. The standard InChI is InChI=1S/C30H34N8O2/c1-35-20-31-28(34-35)23-4-2-21(3-5-23)22-8-12-37(13-9-22)27(39)18-36-14-10-30(19-36)11-15-38(29(30)40)25-6-7-26-24(16-25)17-32-33-26/h2-8,16-17,20,27,39H,9-15,18-19H2,1H3,(H,32,33)/t27?,30-/m0/s1. The lowest BCUT2D eigenvalue weighted by molar-refractivity contribution is -0.125. The molecule has 2 saturated heterocycles. The molecule has 0 radical (unpaired) electrons. The van der Waals surface area contributed by atoms with Crippen LogP contribution in [0, 0.1) is 5.41 Å². The lowest BCUT2D eigenvalue weighted by Crippen LogP contribution is -2.46. The van der Waals surface area contributed by atoms with E-state index < -0.39 is 6.23 Å². The molecule has 206 valence electrons. The summed E-state index contributed by atoms with van der Waals surface area (Å²) in [6.45, 7) is 4.35. The van der Waals surface area contributed by atoms with E-state index in [1.165, 1.54) is 11.1 Å². The van der Waals surface area contributed by atoms with E-state index in [9.17, 15) is 9.90 Å². The minimum atomic E-state index is -0.554. The van der Waals surface area contributed by atoms with Crippen LogP contribution in [-0.2, 0) is 11.8 Å². The van der Waals surface area contributed by atoms with E-state index in [0.29, 0.717) is 19.6 Å². The Labute approximate surface area is 232 Å². The van der Waals surface area contributed by atoms with Gasteiger partial charge in [-0.1, -0.05) is 30.3 Å². The number of amides is 1. The van der Waals surface area contributed by atoms with Crippen molar-refractivity contribution in [1.82, 2.24) is 34.8 Å². The predicted molar refractivity (Wildman–Crippen MR) is 153 cm³/mol. The summed E-state index contributed by atoms with van der Waals surface area (Å²) in [4.78, 5) is 24.3. The fourth-order valence-corrected chi connectivity index (χ4v) is 6.53. The van der Waals surface area contributed by atoms with Crippen LogP contribution >= 0.6 is 0 Å². The smallest absolute Gasteiger partial charge is 0.234 e. The largest absolute Gasteiger partial charge is 0.377 e. The van der Waals surface area contributed by atoms with E-state index in [2.05, 4.69) is 60.4 Å². The Kier molecular flexibility index (Phi) is 6.25. The molecule has 3 aliphatic rings. The molecule has 3 aliphatic heterocycles. The average Bonchev–Trinajstić information content (AvgIpc) is 3.78. The summed E-state index contributed by atoms with van der Waals surface area (Å²) < 4.78 is 1.71. The highest BCUT2D eigenvalue weighted by molar-refractivity contribution is 6.01. The number of hydrogen-bond acceptors (Lipinski definition) is 7. The highest BCUT2D eigenvalue weighted by Crippen LogP contribution is 2.42. The number of aromatic amines is 1. The van der Waals surface area contributed by atoms with E-state index in [-0.39, 0.29) is 11.3 Å². The number of likely N-dealkylation sites (tertiary alicyclic amines) is 1. The first kappa shape index (κ1) is 25.1. The molecule has 4 aromatic rings. The van der Waals surface area contributed by atoms with Gasteiger partial charge in [0.15, 0.2) is 5.82 Å². The number of aromatic nitrogens is 5. The third-order valence-corrected chi connectivity index (χ3v) is 8.88. The minimum absolute atomic E-state index is 0.211. The second-order valence-corrected chi connectivity index (χ2v) is 11.4. The van der Waals surface area contributed by atoms with Crippen molar-refractivity contribution in [3.63, 3.8) is 0 Å². The molecule has 2 N–H and O–H groups in total. The highest BCUT2D eigenvalue weighted by atomic mass is 16.3. The molecule has 10 heteroatoms. The van der Waals surface area contributed by atoms with Gasteiger partial charge in [0, 0.05) is 56.4 Å². The Morgan fingerprint density at radius 2 is 1.90 bits per heavy atom. The number of carbonyl (C=O) groups excluding carboxylic acids is 1. The molecule has 0 bridgehead atoms. The minimum Gasteiger partial charge on any atom is -0.377 e. The van der Waals surface area contributed by atoms with Gasteiger partial charge >= 0.3 is 0 Å². The Morgan fingerprint density at radius 1 is 1.07 bits per heavy atom. The second-order valence-electron chi connectivity index (χ2n) is 11.4. The summed E-state index contributed by atoms with van der Waals surface area (Å²) in [6.07, 6.45) is 7.76.